The van der Waals surface area contributed by atoms with Gasteiger partial charge in [-0.15, -0.1) is 11.8 Å². The minimum absolute atomic E-state index is 0.227. The number of carbonyl (C=O) groups excluding carboxylic acids is 1. The Hall–Kier alpha value is -0.830. The van der Waals surface area contributed by atoms with Crippen molar-refractivity contribution in [3.8, 4) is 0 Å². The summed E-state index contributed by atoms with van der Waals surface area (Å²) in [7, 11) is 0. The van der Waals surface area contributed by atoms with E-state index >= 15 is 0 Å². The molecule has 0 aliphatic rings. The molecule has 0 spiro atoms. The number of aldehydes is 1. The summed E-state index contributed by atoms with van der Waals surface area (Å²) in [6.07, 6.45) is 1.43. The van der Waals surface area contributed by atoms with Gasteiger partial charge in [0.2, 0.25) is 0 Å². The third kappa shape index (κ3) is 3.05. The Labute approximate surface area is 75.0 Å². The lowest BCUT2D eigenvalue weighted by Crippen LogP contribution is -1.80. The third-order valence-corrected chi connectivity index (χ3v) is 2.36. The van der Waals surface area contributed by atoms with Crippen molar-refractivity contribution in [2.24, 2.45) is 0 Å². The van der Waals surface area contributed by atoms with Gasteiger partial charge in [0.05, 0.1) is 0 Å². The summed E-state index contributed by atoms with van der Waals surface area (Å²) in [6, 6.07) is 6.27. The highest BCUT2D eigenvalue weighted by Gasteiger charge is 1.93. The molecule has 0 aromatic heterocycles. The molecular weight excluding hydrogens is 175 g/mol. The van der Waals surface area contributed by atoms with Crippen molar-refractivity contribution in [1.82, 2.24) is 0 Å². The number of hydrogen-bond donors (Lipinski definition) is 0. The van der Waals surface area contributed by atoms with Gasteiger partial charge in [-0.25, -0.2) is 4.39 Å². The zero-order valence-electron chi connectivity index (χ0n) is 6.50. The fraction of sp³-hybridized carbons (Fsp3) is 0.222. The average molecular weight is 184 g/mol. The van der Waals surface area contributed by atoms with E-state index in [2.05, 4.69) is 0 Å². The number of carbonyl (C=O) groups is 1. The zero-order valence-corrected chi connectivity index (χ0v) is 7.31. The van der Waals surface area contributed by atoms with Crippen molar-refractivity contribution in [2.45, 2.75) is 11.3 Å². The first-order chi connectivity index (χ1) is 5.83. The van der Waals surface area contributed by atoms with Gasteiger partial charge in [0.15, 0.2) is 0 Å². The number of hydrogen-bond acceptors (Lipinski definition) is 2. The molecule has 1 aromatic carbocycles. The van der Waals surface area contributed by atoms with Crippen LogP contribution in [0.2, 0.25) is 0 Å². The summed E-state index contributed by atoms with van der Waals surface area (Å²) < 4.78 is 12.4. The molecule has 0 aliphatic heterocycles. The van der Waals surface area contributed by atoms with Crippen LogP contribution in [0.15, 0.2) is 29.2 Å². The van der Waals surface area contributed by atoms with E-state index in [1.807, 2.05) is 0 Å². The van der Waals surface area contributed by atoms with Gasteiger partial charge >= 0.3 is 0 Å². The number of thioether (sulfide) groups is 1. The van der Waals surface area contributed by atoms with Gasteiger partial charge in [-0.3, -0.25) is 0 Å². The van der Waals surface area contributed by atoms with Crippen LogP contribution in [-0.4, -0.2) is 12.0 Å². The topological polar surface area (TPSA) is 17.1 Å². The normalized spacial score (nSPS) is 9.75. The van der Waals surface area contributed by atoms with Crippen LogP contribution in [0.25, 0.3) is 0 Å². The molecule has 3 heteroatoms. The van der Waals surface area contributed by atoms with E-state index in [9.17, 15) is 9.18 Å². The van der Waals surface area contributed by atoms with Gasteiger partial charge in [0.25, 0.3) is 0 Å². The molecule has 0 saturated carbocycles. The van der Waals surface area contributed by atoms with E-state index in [1.54, 1.807) is 23.9 Å². The second-order valence-electron chi connectivity index (χ2n) is 2.26. The number of benzene rings is 1. The molecule has 0 saturated heterocycles. The summed E-state index contributed by atoms with van der Waals surface area (Å²) in [5.41, 5.74) is 0. The van der Waals surface area contributed by atoms with E-state index < -0.39 is 0 Å². The monoisotopic (exact) mass is 184 g/mol. The summed E-state index contributed by atoms with van der Waals surface area (Å²) in [5.74, 6) is 0.532. The molecule has 0 heterocycles. The highest BCUT2D eigenvalue weighted by molar-refractivity contribution is 7.99. The van der Waals surface area contributed by atoms with Crippen LogP contribution in [0.1, 0.15) is 6.42 Å². The molecular formula is C9H9FOS. The Balaban J connectivity index is 2.42. The van der Waals surface area contributed by atoms with Crippen LogP contribution in [-0.2, 0) is 4.79 Å². The van der Waals surface area contributed by atoms with E-state index in [4.69, 9.17) is 0 Å². The Kier molecular flexibility index (Phi) is 3.80. The highest BCUT2D eigenvalue weighted by atomic mass is 32.2. The van der Waals surface area contributed by atoms with Crippen molar-refractivity contribution < 1.29 is 9.18 Å². The lowest BCUT2D eigenvalue weighted by molar-refractivity contribution is -0.107. The average Bonchev–Trinajstić information content (AvgIpc) is 2.09. The quantitative estimate of drug-likeness (QED) is 0.406. The maximum absolute atomic E-state index is 12.4. The molecule has 1 aromatic rings. The van der Waals surface area contributed by atoms with Crippen LogP contribution in [0.4, 0.5) is 4.39 Å². The van der Waals surface area contributed by atoms with Crippen LogP contribution >= 0.6 is 11.8 Å². The Morgan fingerprint density at radius 2 is 2.00 bits per heavy atom. The van der Waals surface area contributed by atoms with Crippen LogP contribution < -0.4 is 0 Å². The van der Waals surface area contributed by atoms with Crippen molar-refractivity contribution in [3.05, 3.63) is 30.1 Å². The molecule has 0 bridgehead atoms. The fourth-order valence-electron chi connectivity index (χ4n) is 0.756. The Morgan fingerprint density at radius 3 is 2.58 bits per heavy atom. The lowest BCUT2D eigenvalue weighted by Gasteiger charge is -1.97. The molecule has 0 fully saturated rings. The van der Waals surface area contributed by atoms with E-state index in [0.717, 1.165) is 16.9 Å². The molecule has 1 nitrogen and oxygen atoms in total. The van der Waals surface area contributed by atoms with Gasteiger partial charge in [0.1, 0.15) is 12.1 Å². The minimum Gasteiger partial charge on any atom is -0.303 e. The molecule has 0 unspecified atom stereocenters. The van der Waals surface area contributed by atoms with Crippen LogP contribution in [0.3, 0.4) is 0 Å². The lowest BCUT2D eigenvalue weighted by atomic mass is 10.4. The van der Waals surface area contributed by atoms with Crippen molar-refractivity contribution in [3.63, 3.8) is 0 Å². The summed E-state index contributed by atoms with van der Waals surface area (Å²) in [6.45, 7) is 0. The summed E-state index contributed by atoms with van der Waals surface area (Å²) in [5, 5.41) is 0. The zero-order chi connectivity index (χ0) is 8.81. The molecule has 0 atom stereocenters. The van der Waals surface area contributed by atoms with Crippen molar-refractivity contribution in [1.29, 1.82) is 0 Å². The van der Waals surface area contributed by atoms with Gasteiger partial charge < -0.3 is 4.79 Å². The largest absolute Gasteiger partial charge is 0.303 e. The van der Waals surface area contributed by atoms with E-state index in [0.29, 0.717) is 6.42 Å². The standard InChI is InChI=1S/C9H9FOS/c10-8-2-4-9(5-3-8)12-7-1-6-11/h2-6H,1,7H2. The first-order valence-electron chi connectivity index (χ1n) is 3.65. The number of rotatable bonds is 4. The van der Waals surface area contributed by atoms with Gasteiger partial charge in [-0.05, 0) is 24.3 Å². The maximum Gasteiger partial charge on any atom is 0.123 e. The molecule has 0 radical (unpaired) electrons. The summed E-state index contributed by atoms with van der Waals surface area (Å²) in [4.78, 5) is 11.0. The molecule has 0 aliphatic carbocycles. The molecule has 12 heavy (non-hydrogen) atoms. The molecule has 1 rings (SSSR count). The first kappa shape index (κ1) is 9.26. The smallest absolute Gasteiger partial charge is 0.123 e. The van der Waals surface area contributed by atoms with Gasteiger partial charge in [-0.1, -0.05) is 0 Å². The minimum atomic E-state index is -0.227. The number of halogens is 1. The Morgan fingerprint density at radius 1 is 1.33 bits per heavy atom. The van der Waals surface area contributed by atoms with E-state index in [1.165, 1.54) is 12.1 Å². The molecule has 0 amide bonds. The van der Waals surface area contributed by atoms with Crippen LogP contribution in [0.5, 0.6) is 0 Å². The predicted octanol–water partition coefficient (Wildman–Crippen LogP) is 2.51. The predicted molar refractivity (Wildman–Crippen MR) is 47.8 cm³/mol. The summed E-state index contributed by atoms with van der Waals surface area (Å²) >= 11 is 1.56. The van der Waals surface area contributed by atoms with Gasteiger partial charge in [0, 0.05) is 17.1 Å². The van der Waals surface area contributed by atoms with Crippen molar-refractivity contribution >= 4 is 18.0 Å². The SMILES string of the molecule is O=CCCSc1ccc(F)cc1. The fourth-order valence-corrected chi connectivity index (χ4v) is 1.53. The van der Waals surface area contributed by atoms with E-state index in [-0.39, 0.29) is 5.82 Å². The highest BCUT2D eigenvalue weighted by Crippen LogP contribution is 2.18. The molecule has 64 valence electrons. The Bertz CT molecular complexity index is 245. The third-order valence-electron chi connectivity index (χ3n) is 1.32. The molecule has 0 N–H and O–H groups in total. The first-order valence-corrected chi connectivity index (χ1v) is 4.63. The second-order valence-corrected chi connectivity index (χ2v) is 3.43. The van der Waals surface area contributed by atoms with Gasteiger partial charge in [-0.2, -0.15) is 0 Å². The maximum atomic E-state index is 12.4. The van der Waals surface area contributed by atoms with Crippen molar-refractivity contribution in [2.75, 3.05) is 5.75 Å². The second kappa shape index (κ2) is 4.93. The van der Waals surface area contributed by atoms with Crippen LogP contribution in [0, 0.1) is 5.82 Å².